The molecule has 0 aromatic heterocycles. The van der Waals surface area contributed by atoms with Crippen molar-refractivity contribution in [3.63, 3.8) is 0 Å². The minimum Gasteiger partial charge on any atom is -0.494 e. The summed E-state index contributed by atoms with van der Waals surface area (Å²) in [6.45, 7) is 2.69. The van der Waals surface area contributed by atoms with Crippen LogP contribution < -0.4 is 4.74 Å². The molecule has 0 bridgehead atoms. The standard InChI is InChI=1S/C15H17BrO3/c1-9-14-12-4-3-11(18-6-2-5-16)7-10(12)8-13(14)19-15(9)17/h3-4,7,9,13-14H,2,5-6,8H2,1H3/t9-,13?,14-/m0/s1. The van der Waals surface area contributed by atoms with Crippen LogP contribution in [0.2, 0.25) is 0 Å². The van der Waals surface area contributed by atoms with E-state index >= 15 is 0 Å². The van der Waals surface area contributed by atoms with Crippen molar-refractivity contribution in [2.45, 2.75) is 31.8 Å². The van der Waals surface area contributed by atoms with Gasteiger partial charge in [0.05, 0.1) is 12.5 Å². The van der Waals surface area contributed by atoms with Crippen LogP contribution in [0, 0.1) is 5.92 Å². The van der Waals surface area contributed by atoms with Gasteiger partial charge >= 0.3 is 5.97 Å². The first-order valence-corrected chi connectivity index (χ1v) is 7.85. The maximum Gasteiger partial charge on any atom is 0.309 e. The van der Waals surface area contributed by atoms with Gasteiger partial charge in [0.1, 0.15) is 11.9 Å². The van der Waals surface area contributed by atoms with Gasteiger partial charge < -0.3 is 9.47 Å². The largest absolute Gasteiger partial charge is 0.494 e. The average molecular weight is 325 g/mol. The second-order valence-electron chi connectivity index (χ2n) is 5.25. The molecule has 3 rings (SSSR count). The molecule has 1 aliphatic carbocycles. The van der Waals surface area contributed by atoms with Crippen LogP contribution in [-0.2, 0) is 16.0 Å². The first-order chi connectivity index (χ1) is 9.20. The van der Waals surface area contributed by atoms with E-state index in [0.717, 1.165) is 30.5 Å². The molecule has 0 saturated carbocycles. The van der Waals surface area contributed by atoms with E-state index in [-0.39, 0.29) is 23.9 Å². The second kappa shape index (κ2) is 5.16. The lowest BCUT2D eigenvalue weighted by Gasteiger charge is -2.12. The van der Waals surface area contributed by atoms with Crippen LogP contribution in [0.15, 0.2) is 18.2 Å². The zero-order chi connectivity index (χ0) is 13.4. The molecule has 1 saturated heterocycles. The number of fused-ring (bicyclic) bond motifs is 3. The van der Waals surface area contributed by atoms with Gasteiger partial charge in [0.2, 0.25) is 0 Å². The molecule has 4 heteroatoms. The van der Waals surface area contributed by atoms with Crippen LogP contribution in [0.3, 0.4) is 0 Å². The van der Waals surface area contributed by atoms with Crippen LogP contribution >= 0.6 is 15.9 Å². The zero-order valence-electron chi connectivity index (χ0n) is 10.9. The number of hydrogen-bond acceptors (Lipinski definition) is 3. The van der Waals surface area contributed by atoms with E-state index in [0.29, 0.717) is 0 Å². The maximum absolute atomic E-state index is 11.6. The Kier molecular flexibility index (Phi) is 3.52. The highest BCUT2D eigenvalue weighted by Gasteiger charge is 2.47. The molecule has 3 nitrogen and oxygen atoms in total. The van der Waals surface area contributed by atoms with Gasteiger partial charge in [0.15, 0.2) is 0 Å². The fraction of sp³-hybridized carbons (Fsp3) is 0.533. The number of carbonyl (C=O) groups is 1. The summed E-state index contributed by atoms with van der Waals surface area (Å²) in [5, 5.41) is 0.954. The normalized spacial score (nSPS) is 27.9. The average Bonchev–Trinajstić information content (AvgIpc) is 2.87. The van der Waals surface area contributed by atoms with Crippen molar-refractivity contribution in [3.8, 4) is 5.75 Å². The molecular formula is C15H17BrO3. The van der Waals surface area contributed by atoms with Gasteiger partial charge in [-0.15, -0.1) is 0 Å². The molecule has 0 spiro atoms. The second-order valence-corrected chi connectivity index (χ2v) is 6.04. The van der Waals surface area contributed by atoms with Crippen LogP contribution in [-0.4, -0.2) is 24.0 Å². The van der Waals surface area contributed by atoms with Crippen LogP contribution in [0.4, 0.5) is 0 Å². The van der Waals surface area contributed by atoms with Gasteiger partial charge in [0, 0.05) is 17.7 Å². The summed E-state index contributed by atoms with van der Waals surface area (Å²) in [7, 11) is 0. The molecular weight excluding hydrogens is 308 g/mol. The van der Waals surface area contributed by atoms with Gasteiger partial charge in [-0.2, -0.15) is 0 Å². The Bertz CT molecular complexity index is 500. The van der Waals surface area contributed by atoms with Gasteiger partial charge in [-0.05, 0) is 29.7 Å². The molecule has 0 N–H and O–H groups in total. The summed E-state index contributed by atoms with van der Waals surface area (Å²) in [4.78, 5) is 11.6. The topological polar surface area (TPSA) is 35.5 Å². The molecule has 0 radical (unpaired) electrons. The van der Waals surface area contributed by atoms with E-state index in [1.54, 1.807) is 0 Å². The van der Waals surface area contributed by atoms with Gasteiger partial charge in [-0.3, -0.25) is 4.79 Å². The number of ether oxygens (including phenoxy) is 2. The van der Waals surface area contributed by atoms with Crippen molar-refractivity contribution in [1.29, 1.82) is 0 Å². The minimum atomic E-state index is -0.0571. The van der Waals surface area contributed by atoms with Gasteiger partial charge in [-0.1, -0.05) is 28.9 Å². The van der Waals surface area contributed by atoms with Crippen LogP contribution in [0.25, 0.3) is 0 Å². The summed E-state index contributed by atoms with van der Waals surface area (Å²) in [5.74, 6) is 1.07. The predicted molar refractivity (Wildman–Crippen MR) is 75.8 cm³/mol. The van der Waals surface area contributed by atoms with Crippen molar-refractivity contribution in [2.75, 3.05) is 11.9 Å². The Morgan fingerprint density at radius 3 is 3.11 bits per heavy atom. The fourth-order valence-electron chi connectivity index (χ4n) is 3.07. The quantitative estimate of drug-likeness (QED) is 0.485. The number of halogens is 1. The molecule has 1 aromatic rings. The third-order valence-corrected chi connectivity index (χ3v) is 4.58. The Hall–Kier alpha value is -1.03. The zero-order valence-corrected chi connectivity index (χ0v) is 12.5. The van der Waals surface area contributed by atoms with E-state index in [2.05, 4.69) is 28.1 Å². The lowest BCUT2D eigenvalue weighted by atomic mass is 9.90. The van der Waals surface area contributed by atoms with Crippen molar-refractivity contribution in [1.82, 2.24) is 0 Å². The maximum atomic E-state index is 11.6. The first kappa shape index (κ1) is 13.0. The van der Waals surface area contributed by atoms with Crippen molar-refractivity contribution < 1.29 is 14.3 Å². The van der Waals surface area contributed by atoms with E-state index < -0.39 is 0 Å². The highest BCUT2D eigenvalue weighted by atomic mass is 79.9. The Morgan fingerprint density at radius 1 is 1.47 bits per heavy atom. The third-order valence-electron chi connectivity index (χ3n) is 4.02. The number of hydrogen-bond donors (Lipinski definition) is 0. The Morgan fingerprint density at radius 2 is 2.32 bits per heavy atom. The monoisotopic (exact) mass is 324 g/mol. The van der Waals surface area contributed by atoms with Crippen molar-refractivity contribution >= 4 is 21.9 Å². The molecule has 1 fully saturated rings. The molecule has 19 heavy (non-hydrogen) atoms. The van der Waals surface area contributed by atoms with E-state index in [9.17, 15) is 4.79 Å². The summed E-state index contributed by atoms with van der Waals surface area (Å²) in [6, 6.07) is 6.20. The Labute approximate surface area is 121 Å². The predicted octanol–water partition coefficient (Wildman–Crippen LogP) is 3.05. The molecule has 0 amide bonds. The number of alkyl halides is 1. The Balaban J connectivity index is 1.78. The number of benzene rings is 1. The fourth-order valence-corrected chi connectivity index (χ4v) is 3.30. The molecule has 3 atom stereocenters. The molecule has 2 aliphatic rings. The van der Waals surface area contributed by atoms with Crippen LogP contribution in [0.1, 0.15) is 30.4 Å². The van der Waals surface area contributed by atoms with Gasteiger partial charge in [-0.25, -0.2) is 0 Å². The summed E-state index contributed by atoms with van der Waals surface area (Å²) >= 11 is 3.39. The minimum absolute atomic E-state index is 0.0218. The smallest absolute Gasteiger partial charge is 0.309 e. The lowest BCUT2D eigenvalue weighted by Crippen LogP contribution is -2.11. The number of carbonyl (C=O) groups excluding carboxylic acids is 1. The van der Waals surface area contributed by atoms with E-state index in [4.69, 9.17) is 9.47 Å². The molecule has 1 unspecified atom stereocenters. The molecule has 1 aromatic carbocycles. The summed E-state index contributed by atoms with van der Waals surface area (Å²) < 4.78 is 11.1. The number of esters is 1. The SMILES string of the molecule is C[C@@H]1C(=O)OC2Cc3cc(OCCCBr)ccc3[C@@H]21. The summed E-state index contributed by atoms with van der Waals surface area (Å²) in [6.07, 6.45) is 1.86. The number of rotatable bonds is 4. The molecule has 1 aliphatic heterocycles. The third kappa shape index (κ3) is 2.27. The van der Waals surface area contributed by atoms with Gasteiger partial charge in [0.25, 0.3) is 0 Å². The molecule has 102 valence electrons. The highest BCUT2D eigenvalue weighted by Crippen LogP contribution is 2.46. The van der Waals surface area contributed by atoms with E-state index in [1.807, 2.05) is 13.0 Å². The van der Waals surface area contributed by atoms with E-state index in [1.165, 1.54) is 11.1 Å². The van der Waals surface area contributed by atoms with Crippen molar-refractivity contribution in [2.24, 2.45) is 5.92 Å². The molecule has 1 heterocycles. The lowest BCUT2D eigenvalue weighted by molar-refractivity contribution is -0.143. The van der Waals surface area contributed by atoms with Crippen molar-refractivity contribution in [3.05, 3.63) is 29.3 Å². The highest BCUT2D eigenvalue weighted by molar-refractivity contribution is 9.09. The van der Waals surface area contributed by atoms with Crippen LogP contribution in [0.5, 0.6) is 5.75 Å². The summed E-state index contributed by atoms with van der Waals surface area (Å²) in [5.41, 5.74) is 2.53. The first-order valence-electron chi connectivity index (χ1n) is 6.73.